The Hall–Kier alpha value is -3.80. The van der Waals surface area contributed by atoms with E-state index in [9.17, 15) is 14.7 Å². The van der Waals surface area contributed by atoms with Gasteiger partial charge < -0.3 is 19.2 Å². The van der Waals surface area contributed by atoms with Crippen LogP contribution in [0.5, 0.6) is 5.75 Å². The number of rotatable bonds is 7. The topological polar surface area (TPSA) is 80.0 Å². The summed E-state index contributed by atoms with van der Waals surface area (Å²) in [4.78, 5) is 27.5. The zero-order valence-electron chi connectivity index (χ0n) is 18.1. The predicted octanol–water partition coefficient (Wildman–Crippen LogP) is 5.00. The molecular weight excluding hydrogens is 406 g/mol. The summed E-state index contributed by atoms with van der Waals surface area (Å²) in [5.41, 5.74) is 2.27. The normalized spacial score (nSPS) is 17.7. The van der Waals surface area contributed by atoms with Crippen molar-refractivity contribution in [3.63, 3.8) is 0 Å². The van der Waals surface area contributed by atoms with Crippen molar-refractivity contribution >= 4 is 17.4 Å². The van der Waals surface area contributed by atoms with Gasteiger partial charge in [-0.25, -0.2) is 0 Å². The van der Waals surface area contributed by atoms with E-state index in [4.69, 9.17) is 9.15 Å². The van der Waals surface area contributed by atoms with E-state index in [-0.39, 0.29) is 17.9 Å². The summed E-state index contributed by atoms with van der Waals surface area (Å²) in [7, 11) is 0. The first kappa shape index (κ1) is 21.4. The molecule has 0 radical (unpaired) electrons. The molecule has 32 heavy (non-hydrogen) atoms. The van der Waals surface area contributed by atoms with Gasteiger partial charge in [0, 0.05) is 5.56 Å². The summed E-state index contributed by atoms with van der Waals surface area (Å²) in [6.45, 7) is 4.63. The molecule has 6 heteroatoms. The van der Waals surface area contributed by atoms with Crippen LogP contribution in [0.3, 0.4) is 0 Å². The Morgan fingerprint density at radius 3 is 2.56 bits per heavy atom. The molecule has 0 saturated carbocycles. The van der Waals surface area contributed by atoms with Crippen LogP contribution >= 0.6 is 0 Å². The van der Waals surface area contributed by atoms with Crippen molar-refractivity contribution in [2.45, 2.75) is 32.9 Å². The molecule has 0 bridgehead atoms. The lowest BCUT2D eigenvalue weighted by Gasteiger charge is -2.24. The molecule has 6 nitrogen and oxygen atoms in total. The fraction of sp³-hybridized carbons (Fsp3) is 0.231. The minimum absolute atomic E-state index is 0.0538. The number of carbonyl (C=O) groups is 2. The second-order valence-electron chi connectivity index (χ2n) is 7.79. The van der Waals surface area contributed by atoms with E-state index in [1.807, 2.05) is 38.1 Å². The predicted molar refractivity (Wildman–Crippen MR) is 120 cm³/mol. The number of ether oxygens (including phenoxy) is 1. The van der Waals surface area contributed by atoms with E-state index in [1.54, 1.807) is 36.4 Å². The third kappa shape index (κ3) is 4.17. The Balaban J connectivity index is 1.81. The van der Waals surface area contributed by atoms with Crippen LogP contribution in [0.2, 0.25) is 0 Å². The highest BCUT2D eigenvalue weighted by molar-refractivity contribution is 6.46. The molecule has 1 aromatic heterocycles. The smallest absolute Gasteiger partial charge is 0.296 e. The zero-order chi connectivity index (χ0) is 22.7. The van der Waals surface area contributed by atoms with Crippen molar-refractivity contribution < 1.29 is 23.8 Å². The van der Waals surface area contributed by atoms with Crippen molar-refractivity contribution in [3.05, 3.63) is 95.0 Å². The third-order valence-corrected chi connectivity index (χ3v) is 5.42. The molecule has 4 rings (SSSR count). The molecule has 2 heterocycles. The van der Waals surface area contributed by atoms with Gasteiger partial charge in [0.05, 0.1) is 31.0 Å². The van der Waals surface area contributed by atoms with E-state index < -0.39 is 17.7 Å². The van der Waals surface area contributed by atoms with E-state index in [0.29, 0.717) is 23.7 Å². The third-order valence-electron chi connectivity index (χ3n) is 5.42. The number of aliphatic hydroxyl groups excluding tert-OH is 1. The second kappa shape index (κ2) is 9.14. The van der Waals surface area contributed by atoms with Gasteiger partial charge in [0.25, 0.3) is 11.7 Å². The van der Waals surface area contributed by atoms with Gasteiger partial charge >= 0.3 is 0 Å². The van der Waals surface area contributed by atoms with Gasteiger partial charge in [0.15, 0.2) is 0 Å². The number of hydrogen-bond acceptors (Lipinski definition) is 5. The maximum Gasteiger partial charge on any atom is 0.296 e. The number of Topliss-reactive ketones (excluding diaryl/α,β-unsaturated/α-hetero) is 1. The van der Waals surface area contributed by atoms with Crippen LogP contribution in [0.4, 0.5) is 0 Å². The standard InChI is InChI=1S/C26H25NO5/c1-3-13-31-20-7-4-6-19(15-20)24(28)22-23(18-11-9-17(2)10-12-18)27(26(30)25(22)29)16-21-8-5-14-32-21/h4-12,14-15,23,28H,3,13,16H2,1-2H3/b24-22+. The Morgan fingerprint density at radius 2 is 1.88 bits per heavy atom. The maximum atomic E-state index is 13.1. The van der Waals surface area contributed by atoms with E-state index in [1.165, 1.54) is 11.2 Å². The molecule has 0 aliphatic carbocycles. The summed E-state index contributed by atoms with van der Waals surface area (Å²) in [6, 6.07) is 17.2. The molecule has 1 aliphatic rings. The van der Waals surface area contributed by atoms with Crippen molar-refractivity contribution in [2.75, 3.05) is 6.61 Å². The first-order valence-electron chi connectivity index (χ1n) is 10.6. The number of carbonyl (C=O) groups excluding carboxylic acids is 2. The molecular formula is C26H25NO5. The van der Waals surface area contributed by atoms with Gasteiger partial charge in [0.1, 0.15) is 17.3 Å². The van der Waals surface area contributed by atoms with Gasteiger partial charge in [0.2, 0.25) is 0 Å². The highest BCUT2D eigenvalue weighted by Gasteiger charge is 2.46. The molecule has 3 aromatic rings. The van der Waals surface area contributed by atoms with Crippen LogP contribution in [0.1, 0.15) is 41.8 Å². The molecule has 2 aromatic carbocycles. The lowest BCUT2D eigenvalue weighted by atomic mass is 9.94. The molecule has 1 saturated heterocycles. The van der Waals surface area contributed by atoms with Crippen LogP contribution in [-0.2, 0) is 16.1 Å². The Bertz CT molecular complexity index is 1150. The summed E-state index contributed by atoms with van der Waals surface area (Å²) in [6.07, 6.45) is 2.37. The summed E-state index contributed by atoms with van der Waals surface area (Å²) in [5.74, 6) is -0.476. The highest BCUT2D eigenvalue weighted by atomic mass is 16.5. The minimum atomic E-state index is -0.735. The summed E-state index contributed by atoms with van der Waals surface area (Å²) < 4.78 is 11.1. The lowest BCUT2D eigenvalue weighted by Crippen LogP contribution is -2.29. The van der Waals surface area contributed by atoms with E-state index in [0.717, 1.165) is 17.5 Å². The first-order valence-corrected chi connectivity index (χ1v) is 10.6. The number of aliphatic hydroxyl groups is 1. The molecule has 1 unspecified atom stereocenters. The summed E-state index contributed by atoms with van der Waals surface area (Å²) >= 11 is 0. The fourth-order valence-corrected chi connectivity index (χ4v) is 3.82. The number of nitrogens with zero attached hydrogens (tertiary/aromatic N) is 1. The molecule has 1 amide bonds. The van der Waals surface area contributed by atoms with Crippen molar-refractivity contribution in [3.8, 4) is 5.75 Å². The van der Waals surface area contributed by atoms with Crippen LogP contribution in [-0.4, -0.2) is 28.3 Å². The van der Waals surface area contributed by atoms with Crippen LogP contribution in [0.15, 0.2) is 76.9 Å². The maximum absolute atomic E-state index is 13.1. The average Bonchev–Trinajstić information content (AvgIpc) is 3.40. The van der Waals surface area contributed by atoms with Crippen molar-refractivity contribution in [1.82, 2.24) is 4.90 Å². The molecule has 1 N–H and O–H groups in total. The number of benzene rings is 2. The molecule has 0 spiro atoms. The fourth-order valence-electron chi connectivity index (χ4n) is 3.82. The van der Waals surface area contributed by atoms with Crippen LogP contribution < -0.4 is 4.74 Å². The van der Waals surface area contributed by atoms with E-state index in [2.05, 4.69) is 0 Å². The van der Waals surface area contributed by atoms with Gasteiger partial charge in [-0.05, 0) is 43.2 Å². The molecule has 1 fully saturated rings. The van der Waals surface area contributed by atoms with Gasteiger partial charge in [-0.1, -0.05) is 48.9 Å². The van der Waals surface area contributed by atoms with Crippen LogP contribution in [0, 0.1) is 6.92 Å². The van der Waals surface area contributed by atoms with Gasteiger partial charge in [-0.3, -0.25) is 9.59 Å². The SMILES string of the molecule is CCCOc1cccc(/C(O)=C2\C(=O)C(=O)N(Cc3ccco3)C2c2ccc(C)cc2)c1. The zero-order valence-corrected chi connectivity index (χ0v) is 18.1. The molecule has 164 valence electrons. The molecule has 1 atom stereocenters. The van der Waals surface area contributed by atoms with Gasteiger partial charge in [-0.15, -0.1) is 0 Å². The van der Waals surface area contributed by atoms with E-state index >= 15 is 0 Å². The monoisotopic (exact) mass is 431 g/mol. The lowest BCUT2D eigenvalue weighted by molar-refractivity contribution is -0.140. The highest BCUT2D eigenvalue weighted by Crippen LogP contribution is 2.40. The number of amides is 1. The largest absolute Gasteiger partial charge is 0.507 e. The quantitative estimate of drug-likeness (QED) is 0.324. The van der Waals surface area contributed by atoms with Crippen molar-refractivity contribution in [2.24, 2.45) is 0 Å². The Morgan fingerprint density at radius 1 is 1.09 bits per heavy atom. The minimum Gasteiger partial charge on any atom is -0.507 e. The van der Waals surface area contributed by atoms with Gasteiger partial charge in [-0.2, -0.15) is 0 Å². The number of aryl methyl sites for hydroxylation is 1. The average molecular weight is 431 g/mol. The van der Waals surface area contributed by atoms with Crippen molar-refractivity contribution in [1.29, 1.82) is 0 Å². The number of hydrogen-bond donors (Lipinski definition) is 1. The first-order chi connectivity index (χ1) is 15.5. The van der Waals surface area contributed by atoms with Crippen LogP contribution in [0.25, 0.3) is 5.76 Å². The Kier molecular flexibility index (Phi) is 6.12. The molecule has 1 aliphatic heterocycles. The number of likely N-dealkylation sites (tertiary alicyclic amines) is 1. The number of furan rings is 1. The second-order valence-corrected chi connectivity index (χ2v) is 7.79. The number of ketones is 1. The summed E-state index contributed by atoms with van der Waals surface area (Å²) in [5, 5.41) is 11.2. The Labute approximate surface area is 186 Å².